The van der Waals surface area contributed by atoms with Gasteiger partial charge in [-0.25, -0.2) is 0 Å². The minimum atomic E-state index is -0.359. The van der Waals surface area contributed by atoms with Crippen molar-refractivity contribution < 1.29 is 14.6 Å². The van der Waals surface area contributed by atoms with E-state index in [1.807, 2.05) is 0 Å². The Labute approximate surface area is 146 Å². The summed E-state index contributed by atoms with van der Waals surface area (Å²) in [5, 5.41) is 10.1. The van der Waals surface area contributed by atoms with Gasteiger partial charge in [0.15, 0.2) is 0 Å². The Morgan fingerprint density at radius 3 is 2.17 bits per heavy atom. The fourth-order valence-electron chi connectivity index (χ4n) is 6.24. The molecule has 1 aliphatic heterocycles. The number of likely N-dealkylation sites (tertiary alicyclic amines) is 1. The Kier molecular flexibility index (Phi) is 5.47. The van der Waals surface area contributed by atoms with Gasteiger partial charge in [-0.2, -0.15) is 0 Å². The van der Waals surface area contributed by atoms with Gasteiger partial charge in [0.25, 0.3) is 0 Å². The number of β-amino-alcohol motifs (C(OH)–C–C–N with tert-alkyl or cyclic N) is 1. The van der Waals surface area contributed by atoms with Crippen LogP contribution in [0.15, 0.2) is 0 Å². The van der Waals surface area contributed by atoms with Crippen molar-refractivity contribution >= 4 is 0 Å². The monoisotopic (exact) mass is 337 g/mol. The van der Waals surface area contributed by atoms with Gasteiger partial charge < -0.3 is 19.5 Å². The molecule has 5 rings (SSSR count). The predicted molar refractivity (Wildman–Crippen MR) is 94.0 cm³/mol. The molecule has 0 radical (unpaired) electrons. The molecule has 138 valence electrons. The molecule has 4 aliphatic carbocycles. The molecule has 4 bridgehead atoms. The quantitative estimate of drug-likeness (QED) is 0.692. The Hall–Kier alpha value is -0.160. The van der Waals surface area contributed by atoms with Crippen molar-refractivity contribution in [2.75, 3.05) is 39.5 Å². The van der Waals surface area contributed by atoms with Crippen molar-refractivity contribution in [3.05, 3.63) is 0 Å². The first-order valence-corrected chi connectivity index (χ1v) is 10.3. The second-order valence-corrected chi connectivity index (χ2v) is 9.04. The van der Waals surface area contributed by atoms with Gasteiger partial charge in [-0.15, -0.1) is 0 Å². The molecule has 4 heteroatoms. The van der Waals surface area contributed by atoms with Crippen LogP contribution in [0.5, 0.6) is 0 Å². The van der Waals surface area contributed by atoms with Gasteiger partial charge in [-0.05, 0) is 82.2 Å². The first kappa shape index (κ1) is 17.3. The number of aliphatic hydroxyl groups is 1. The van der Waals surface area contributed by atoms with Crippen LogP contribution in [0.25, 0.3) is 0 Å². The van der Waals surface area contributed by atoms with Crippen LogP contribution in [0.4, 0.5) is 0 Å². The van der Waals surface area contributed by atoms with E-state index in [0.29, 0.717) is 19.8 Å². The standard InChI is InChI=1S/C20H35NO3/c22-19(14-21-4-2-1-3-5-21)15-23-6-7-24-20-11-16-8-17(12-20)10-18(9-16)13-20/h16-19,22H,1-15H2/t16?,17?,18?,19-,20?/m0/s1. The number of hydrogen-bond donors (Lipinski definition) is 1. The molecule has 5 fully saturated rings. The summed E-state index contributed by atoms with van der Waals surface area (Å²) in [4.78, 5) is 2.36. The maximum Gasteiger partial charge on any atom is 0.0900 e. The van der Waals surface area contributed by atoms with Crippen LogP contribution in [0.2, 0.25) is 0 Å². The van der Waals surface area contributed by atoms with Crippen LogP contribution < -0.4 is 0 Å². The highest BCUT2D eigenvalue weighted by Gasteiger charge is 2.51. The fourth-order valence-corrected chi connectivity index (χ4v) is 6.24. The summed E-state index contributed by atoms with van der Waals surface area (Å²) in [6, 6.07) is 0. The summed E-state index contributed by atoms with van der Waals surface area (Å²) < 4.78 is 12.1. The third kappa shape index (κ3) is 4.14. The molecular weight excluding hydrogens is 302 g/mol. The highest BCUT2D eigenvalue weighted by Crippen LogP contribution is 2.57. The second kappa shape index (κ2) is 7.61. The van der Waals surface area contributed by atoms with Crippen molar-refractivity contribution in [2.45, 2.75) is 69.5 Å². The van der Waals surface area contributed by atoms with Crippen LogP contribution in [0.3, 0.4) is 0 Å². The minimum Gasteiger partial charge on any atom is -0.389 e. The molecular formula is C20H35NO3. The van der Waals surface area contributed by atoms with Crippen LogP contribution in [-0.4, -0.2) is 61.2 Å². The topological polar surface area (TPSA) is 41.9 Å². The lowest BCUT2D eigenvalue weighted by atomic mass is 9.54. The molecule has 4 saturated carbocycles. The largest absolute Gasteiger partial charge is 0.389 e. The smallest absolute Gasteiger partial charge is 0.0900 e. The van der Waals surface area contributed by atoms with E-state index < -0.39 is 0 Å². The third-order valence-electron chi connectivity index (χ3n) is 6.85. The maximum atomic E-state index is 10.1. The van der Waals surface area contributed by atoms with Crippen LogP contribution >= 0.6 is 0 Å². The van der Waals surface area contributed by atoms with Gasteiger partial charge in [0.2, 0.25) is 0 Å². The zero-order valence-corrected chi connectivity index (χ0v) is 15.1. The van der Waals surface area contributed by atoms with E-state index in [1.165, 1.54) is 57.8 Å². The first-order valence-electron chi connectivity index (χ1n) is 10.3. The molecule has 0 spiro atoms. The first-order chi connectivity index (χ1) is 11.7. The summed E-state index contributed by atoms with van der Waals surface area (Å²) in [5.41, 5.74) is 0.185. The Balaban J connectivity index is 1.11. The summed E-state index contributed by atoms with van der Waals surface area (Å²) in [6.45, 7) is 4.79. The van der Waals surface area contributed by atoms with Crippen LogP contribution in [0.1, 0.15) is 57.8 Å². The van der Waals surface area contributed by atoms with E-state index in [2.05, 4.69) is 4.90 Å². The molecule has 0 aromatic rings. The number of piperidine rings is 1. The Bertz CT molecular complexity index is 372. The van der Waals surface area contributed by atoms with E-state index in [0.717, 1.165) is 37.4 Å². The van der Waals surface area contributed by atoms with Crippen molar-refractivity contribution in [3.63, 3.8) is 0 Å². The lowest BCUT2D eigenvalue weighted by molar-refractivity contribution is -0.170. The summed E-state index contributed by atoms with van der Waals surface area (Å²) in [5.74, 6) is 2.80. The van der Waals surface area contributed by atoms with Gasteiger partial charge in [-0.1, -0.05) is 6.42 Å². The molecule has 1 atom stereocenters. The zero-order valence-electron chi connectivity index (χ0n) is 15.1. The second-order valence-electron chi connectivity index (χ2n) is 9.04. The maximum absolute atomic E-state index is 10.1. The van der Waals surface area contributed by atoms with E-state index in [4.69, 9.17) is 9.47 Å². The summed E-state index contributed by atoms with van der Waals surface area (Å²) >= 11 is 0. The molecule has 1 N–H and O–H groups in total. The van der Waals surface area contributed by atoms with Gasteiger partial charge in [0, 0.05) is 6.54 Å². The molecule has 1 heterocycles. The predicted octanol–water partition coefficient (Wildman–Crippen LogP) is 2.84. The summed E-state index contributed by atoms with van der Waals surface area (Å²) in [7, 11) is 0. The van der Waals surface area contributed by atoms with Gasteiger partial charge in [0.05, 0.1) is 31.5 Å². The lowest BCUT2D eigenvalue weighted by Crippen LogP contribution is -2.52. The van der Waals surface area contributed by atoms with E-state index in [-0.39, 0.29) is 11.7 Å². The third-order valence-corrected chi connectivity index (χ3v) is 6.85. The average molecular weight is 338 g/mol. The van der Waals surface area contributed by atoms with Crippen molar-refractivity contribution in [1.29, 1.82) is 0 Å². The van der Waals surface area contributed by atoms with Gasteiger partial charge in [-0.3, -0.25) is 0 Å². The van der Waals surface area contributed by atoms with Crippen LogP contribution in [-0.2, 0) is 9.47 Å². The molecule has 1 saturated heterocycles. The van der Waals surface area contributed by atoms with E-state index >= 15 is 0 Å². The minimum absolute atomic E-state index is 0.185. The van der Waals surface area contributed by atoms with Crippen LogP contribution in [0, 0.1) is 17.8 Å². The van der Waals surface area contributed by atoms with Crippen molar-refractivity contribution in [2.24, 2.45) is 17.8 Å². The van der Waals surface area contributed by atoms with Crippen molar-refractivity contribution in [3.8, 4) is 0 Å². The average Bonchev–Trinajstić information content (AvgIpc) is 2.54. The molecule has 0 aromatic heterocycles. The molecule has 0 unspecified atom stereocenters. The molecule has 24 heavy (non-hydrogen) atoms. The van der Waals surface area contributed by atoms with Gasteiger partial charge in [0.1, 0.15) is 0 Å². The fraction of sp³-hybridized carbons (Fsp3) is 1.00. The van der Waals surface area contributed by atoms with Gasteiger partial charge >= 0.3 is 0 Å². The molecule has 4 nitrogen and oxygen atoms in total. The van der Waals surface area contributed by atoms with E-state index in [1.54, 1.807) is 0 Å². The van der Waals surface area contributed by atoms with E-state index in [9.17, 15) is 5.11 Å². The van der Waals surface area contributed by atoms with Crippen molar-refractivity contribution in [1.82, 2.24) is 4.90 Å². The number of aliphatic hydroxyl groups excluding tert-OH is 1. The molecule has 5 aliphatic rings. The lowest BCUT2D eigenvalue weighted by Gasteiger charge is -2.56. The number of nitrogens with zero attached hydrogens (tertiary/aromatic N) is 1. The highest BCUT2D eigenvalue weighted by atomic mass is 16.5. The molecule has 0 aromatic carbocycles. The Morgan fingerprint density at radius 1 is 0.917 bits per heavy atom. The number of rotatable bonds is 8. The zero-order chi connectivity index (χ0) is 16.4. The number of hydrogen-bond acceptors (Lipinski definition) is 4. The number of ether oxygens (including phenoxy) is 2. The normalized spacial score (nSPS) is 40.1. The highest BCUT2D eigenvalue weighted by molar-refractivity contribution is 5.03. The summed E-state index contributed by atoms with van der Waals surface area (Å²) in [6.07, 6.45) is 11.8. The Morgan fingerprint density at radius 2 is 1.54 bits per heavy atom. The SMILES string of the molecule is O[C@H](COCCOC12CC3CC(CC(C3)C1)C2)CN1CCCCC1. The molecule has 0 amide bonds.